The summed E-state index contributed by atoms with van der Waals surface area (Å²) in [5.41, 5.74) is 3.40. The lowest BCUT2D eigenvalue weighted by Gasteiger charge is -2.20. The molecule has 9 nitrogen and oxygen atoms in total. The first-order valence-electron chi connectivity index (χ1n) is 10.7. The first-order chi connectivity index (χ1) is 16.7. The van der Waals surface area contributed by atoms with Crippen molar-refractivity contribution in [3.63, 3.8) is 0 Å². The number of nitrogens with zero attached hydrogens (tertiary/aromatic N) is 1. The number of methoxy groups -OCH3 is 1. The summed E-state index contributed by atoms with van der Waals surface area (Å²) in [6.07, 6.45) is 1.42. The highest BCUT2D eigenvalue weighted by Crippen LogP contribution is 2.36. The van der Waals surface area contributed by atoms with Gasteiger partial charge in [-0.3, -0.25) is 9.59 Å². The maximum atomic E-state index is 12.7. The van der Waals surface area contributed by atoms with Gasteiger partial charge in [0.25, 0.3) is 11.8 Å². The Hall–Kier alpha value is -3.11. The van der Waals surface area contributed by atoms with E-state index < -0.39 is 23.8 Å². The topological polar surface area (TPSA) is 115 Å². The van der Waals surface area contributed by atoms with E-state index in [4.69, 9.17) is 21.1 Å². The van der Waals surface area contributed by atoms with Crippen LogP contribution in [0.15, 0.2) is 46.0 Å². The van der Waals surface area contributed by atoms with Crippen molar-refractivity contribution in [3.05, 3.63) is 57.0 Å². The van der Waals surface area contributed by atoms with E-state index in [-0.39, 0.29) is 12.5 Å². The molecular formula is C24H27BrClN3O6. The molecule has 2 aromatic carbocycles. The standard InChI is InChI=1S/C24H27BrClN3O6/c1-5-34-19-10-15(9-18(25)22(19)35-13-20(30)33-4)12-27-29-24(32)21(14(2)3)28-23(31)16-7-6-8-17(26)11-16/h6-12,14,21H,5,13H2,1-4H3,(H,28,31)(H,29,32). The molecule has 2 N–H and O–H groups in total. The predicted molar refractivity (Wildman–Crippen MR) is 136 cm³/mol. The molecule has 1 atom stereocenters. The van der Waals surface area contributed by atoms with Crippen molar-refractivity contribution in [1.82, 2.24) is 10.7 Å². The molecular weight excluding hydrogens is 542 g/mol. The number of hydrogen-bond acceptors (Lipinski definition) is 7. The molecule has 0 aliphatic heterocycles. The highest BCUT2D eigenvalue weighted by Gasteiger charge is 2.24. The van der Waals surface area contributed by atoms with Crippen LogP contribution in [0.1, 0.15) is 36.7 Å². The smallest absolute Gasteiger partial charge is 0.343 e. The van der Waals surface area contributed by atoms with Crippen molar-refractivity contribution in [1.29, 1.82) is 0 Å². The van der Waals surface area contributed by atoms with Crippen LogP contribution < -0.4 is 20.2 Å². The third-order valence-corrected chi connectivity index (χ3v) is 5.43. The Morgan fingerprint density at radius 1 is 1.17 bits per heavy atom. The van der Waals surface area contributed by atoms with E-state index in [1.54, 1.807) is 30.3 Å². The van der Waals surface area contributed by atoms with Gasteiger partial charge < -0.3 is 19.5 Å². The first kappa shape index (κ1) is 28.1. The lowest BCUT2D eigenvalue weighted by atomic mass is 10.0. The molecule has 2 aromatic rings. The summed E-state index contributed by atoms with van der Waals surface area (Å²) in [6.45, 7) is 5.51. The largest absolute Gasteiger partial charge is 0.490 e. The Morgan fingerprint density at radius 2 is 1.91 bits per heavy atom. The lowest BCUT2D eigenvalue weighted by Crippen LogP contribution is -2.48. The normalized spacial score (nSPS) is 11.7. The molecule has 0 heterocycles. The lowest BCUT2D eigenvalue weighted by molar-refractivity contribution is -0.143. The molecule has 35 heavy (non-hydrogen) atoms. The van der Waals surface area contributed by atoms with Gasteiger partial charge in [0, 0.05) is 10.6 Å². The zero-order chi connectivity index (χ0) is 26.0. The minimum atomic E-state index is -0.821. The van der Waals surface area contributed by atoms with Crippen molar-refractivity contribution in [2.24, 2.45) is 11.0 Å². The number of halogens is 2. The van der Waals surface area contributed by atoms with Crippen LogP contribution in [0.25, 0.3) is 0 Å². The number of hydrogen-bond donors (Lipinski definition) is 2. The fourth-order valence-corrected chi connectivity index (χ4v) is 3.65. The maximum absolute atomic E-state index is 12.7. The fraction of sp³-hybridized carbons (Fsp3) is 0.333. The number of nitrogens with one attached hydrogen (secondary N) is 2. The number of carbonyl (C=O) groups excluding carboxylic acids is 3. The third-order valence-electron chi connectivity index (χ3n) is 4.60. The van der Waals surface area contributed by atoms with Gasteiger partial charge in [-0.15, -0.1) is 0 Å². The van der Waals surface area contributed by atoms with E-state index in [9.17, 15) is 14.4 Å². The van der Waals surface area contributed by atoms with E-state index in [0.717, 1.165) is 0 Å². The summed E-state index contributed by atoms with van der Waals surface area (Å²) in [5, 5.41) is 7.15. The average molecular weight is 569 g/mol. The number of ether oxygens (including phenoxy) is 3. The van der Waals surface area contributed by atoms with Crippen LogP contribution >= 0.6 is 27.5 Å². The highest BCUT2D eigenvalue weighted by molar-refractivity contribution is 9.10. The minimum absolute atomic E-state index is 0.196. The van der Waals surface area contributed by atoms with Crippen molar-refractivity contribution < 1.29 is 28.6 Å². The number of carbonyl (C=O) groups is 3. The Labute approximate surface area is 217 Å². The monoisotopic (exact) mass is 567 g/mol. The molecule has 0 aromatic heterocycles. The van der Waals surface area contributed by atoms with Crippen LogP contribution in [-0.4, -0.2) is 50.4 Å². The van der Waals surface area contributed by atoms with Gasteiger partial charge in [-0.05, 0) is 64.7 Å². The molecule has 0 radical (unpaired) electrons. The van der Waals surface area contributed by atoms with Gasteiger partial charge in [-0.1, -0.05) is 31.5 Å². The zero-order valence-electron chi connectivity index (χ0n) is 19.8. The maximum Gasteiger partial charge on any atom is 0.343 e. The second kappa shape index (κ2) is 13.7. The van der Waals surface area contributed by atoms with Gasteiger partial charge in [-0.25, -0.2) is 10.2 Å². The summed E-state index contributed by atoms with van der Waals surface area (Å²) in [7, 11) is 1.27. The molecule has 0 aliphatic carbocycles. The minimum Gasteiger partial charge on any atom is -0.490 e. The van der Waals surface area contributed by atoms with Crippen LogP contribution in [0.2, 0.25) is 5.02 Å². The number of benzene rings is 2. The number of rotatable bonds is 11. The van der Waals surface area contributed by atoms with Gasteiger partial charge in [0.1, 0.15) is 6.04 Å². The molecule has 0 bridgehead atoms. The highest BCUT2D eigenvalue weighted by atomic mass is 79.9. The number of hydrazone groups is 1. The summed E-state index contributed by atoms with van der Waals surface area (Å²) in [5.74, 6) is -0.908. The van der Waals surface area contributed by atoms with E-state index >= 15 is 0 Å². The molecule has 2 amide bonds. The number of amides is 2. The van der Waals surface area contributed by atoms with Crippen LogP contribution in [0.4, 0.5) is 0 Å². The second-order valence-corrected chi connectivity index (χ2v) is 8.86. The molecule has 11 heteroatoms. The predicted octanol–water partition coefficient (Wildman–Crippen LogP) is 3.96. The van der Waals surface area contributed by atoms with Gasteiger partial charge in [-0.2, -0.15) is 5.10 Å². The molecule has 0 saturated heterocycles. The molecule has 0 saturated carbocycles. The average Bonchev–Trinajstić information content (AvgIpc) is 2.81. The molecule has 2 rings (SSSR count). The Bertz CT molecular complexity index is 1090. The van der Waals surface area contributed by atoms with E-state index in [0.29, 0.717) is 38.7 Å². The van der Waals surface area contributed by atoms with Crippen LogP contribution in [0.5, 0.6) is 11.5 Å². The Balaban J connectivity index is 2.11. The summed E-state index contributed by atoms with van der Waals surface area (Å²) < 4.78 is 16.2. The van der Waals surface area contributed by atoms with Gasteiger partial charge >= 0.3 is 5.97 Å². The third kappa shape index (κ3) is 8.56. The van der Waals surface area contributed by atoms with Crippen molar-refractivity contribution in [2.75, 3.05) is 20.3 Å². The molecule has 1 unspecified atom stereocenters. The van der Waals surface area contributed by atoms with Crippen molar-refractivity contribution in [2.45, 2.75) is 26.8 Å². The van der Waals surface area contributed by atoms with Gasteiger partial charge in [0.2, 0.25) is 0 Å². The van der Waals surface area contributed by atoms with Gasteiger partial charge in [0.05, 0.1) is 24.4 Å². The van der Waals surface area contributed by atoms with Crippen LogP contribution in [0.3, 0.4) is 0 Å². The summed E-state index contributed by atoms with van der Waals surface area (Å²) in [6, 6.07) is 8.97. The Morgan fingerprint density at radius 3 is 2.54 bits per heavy atom. The van der Waals surface area contributed by atoms with Crippen molar-refractivity contribution >= 4 is 51.5 Å². The summed E-state index contributed by atoms with van der Waals surface area (Å²) in [4.78, 5) is 36.7. The van der Waals surface area contributed by atoms with Crippen molar-refractivity contribution in [3.8, 4) is 11.5 Å². The molecule has 0 spiro atoms. The Kier molecular flexibility index (Phi) is 11.0. The quantitative estimate of drug-likeness (QED) is 0.241. The van der Waals surface area contributed by atoms with E-state index in [2.05, 4.69) is 36.5 Å². The summed E-state index contributed by atoms with van der Waals surface area (Å²) >= 11 is 9.34. The fourth-order valence-electron chi connectivity index (χ4n) is 2.88. The van der Waals surface area contributed by atoms with Gasteiger partial charge in [0.15, 0.2) is 18.1 Å². The van der Waals surface area contributed by atoms with Crippen LogP contribution in [-0.2, 0) is 14.3 Å². The molecule has 188 valence electrons. The second-order valence-electron chi connectivity index (χ2n) is 7.57. The van der Waals surface area contributed by atoms with E-state index in [1.807, 2.05) is 20.8 Å². The van der Waals surface area contributed by atoms with Crippen LogP contribution in [0, 0.1) is 5.92 Å². The number of esters is 1. The molecule has 0 aliphatic rings. The zero-order valence-corrected chi connectivity index (χ0v) is 22.1. The first-order valence-corrected chi connectivity index (χ1v) is 11.9. The SMILES string of the molecule is CCOc1cc(C=NNC(=O)C(NC(=O)c2cccc(Cl)c2)C(C)C)cc(Br)c1OCC(=O)OC. The molecule has 0 fully saturated rings. The van der Waals surface area contributed by atoms with E-state index in [1.165, 1.54) is 19.4 Å².